The molecule has 1 rings (SSSR count). The fraction of sp³-hybridized carbons (Fsp3) is 0.300. The molecule has 0 aromatic heterocycles. The Labute approximate surface area is 111 Å². The van der Waals surface area contributed by atoms with Crippen molar-refractivity contribution in [2.45, 2.75) is 18.0 Å². The summed E-state index contributed by atoms with van der Waals surface area (Å²) in [6.07, 6.45) is -4.64. The van der Waals surface area contributed by atoms with Crippen LogP contribution < -0.4 is 10.5 Å². The Balaban J connectivity index is 3.20. The molecule has 112 valence electrons. The van der Waals surface area contributed by atoms with Crippen molar-refractivity contribution in [2.24, 2.45) is 5.14 Å². The molecule has 1 aromatic rings. The molecule has 5 nitrogen and oxygen atoms in total. The highest BCUT2D eigenvalue weighted by Crippen LogP contribution is 2.20. The molecule has 0 aliphatic carbocycles. The van der Waals surface area contributed by atoms with Crippen LogP contribution in [0.25, 0.3) is 0 Å². The van der Waals surface area contributed by atoms with Crippen LogP contribution in [0.5, 0.6) is 0 Å². The van der Waals surface area contributed by atoms with Crippen molar-refractivity contribution in [3.05, 3.63) is 29.1 Å². The third-order valence-electron chi connectivity index (χ3n) is 2.33. The first-order valence-corrected chi connectivity index (χ1v) is 6.64. The molecule has 0 fully saturated rings. The average Bonchev–Trinajstić information content (AvgIpc) is 2.26. The van der Waals surface area contributed by atoms with E-state index in [-0.39, 0.29) is 5.56 Å². The number of alkyl halides is 3. The van der Waals surface area contributed by atoms with E-state index >= 15 is 0 Å². The smallest absolute Gasteiger partial charge is 0.343 e. The zero-order chi connectivity index (χ0) is 15.7. The van der Waals surface area contributed by atoms with Gasteiger partial charge in [-0.15, -0.1) is 0 Å². The molecule has 1 aromatic carbocycles. The predicted octanol–water partition coefficient (Wildman–Crippen LogP) is 1.07. The molecule has 0 saturated carbocycles. The van der Waals surface area contributed by atoms with Gasteiger partial charge in [-0.05, 0) is 24.6 Å². The van der Waals surface area contributed by atoms with Crippen molar-refractivity contribution in [3.8, 4) is 0 Å². The fourth-order valence-corrected chi connectivity index (χ4v) is 2.27. The molecule has 0 saturated heterocycles. The van der Waals surface area contributed by atoms with E-state index in [0.29, 0.717) is 12.1 Å². The summed E-state index contributed by atoms with van der Waals surface area (Å²) < 4.78 is 71.6. The third-order valence-corrected chi connectivity index (χ3v) is 3.36. The number of hydrogen-bond acceptors (Lipinski definition) is 3. The topological polar surface area (TPSA) is 89.3 Å². The van der Waals surface area contributed by atoms with E-state index in [2.05, 4.69) is 0 Å². The molecule has 0 spiro atoms. The summed E-state index contributed by atoms with van der Waals surface area (Å²) in [5.41, 5.74) is -0.758. The molecule has 0 bridgehead atoms. The highest BCUT2D eigenvalue weighted by Gasteiger charge is 2.29. The number of amides is 1. The molecular formula is C10H10F4N2O3S. The van der Waals surface area contributed by atoms with E-state index in [1.54, 1.807) is 0 Å². The summed E-state index contributed by atoms with van der Waals surface area (Å²) in [5.74, 6) is -2.35. The Morgan fingerprint density at radius 3 is 2.35 bits per heavy atom. The average molecular weight is 314 g/mol. The van der Waals surface area contributed by atoms with E-state index in [4.69, 9.17) is 5.14 Å². The lowest BCUT2D eigenvalue weighted by Gasteiger charge is -2.12. The lowest BCUT2D eigenvalue weighted by Crippen LogP contribution is -2.34. The van der Waals surface area contributed by atoms with Crippen LogP contribution in [-0.4, -0.2) is 27.0 Å². The van der Waals surface area contributed by atoms with Crippen molar-refractivity contribution in [1.29, 1.82) is 0 Å². The van der Waals surface area contributed by atoms with Gasteiger partial charge in [0.2, 0.25) is 10.0 Å². The van der Waals surface area contributed by atoms with E-state index in [0.717, 1.165) is 6.92 Å². The van der Waals surface area contributed by atoms with Crippen LogP contribution in [0.3, 0.4) is 0 Å². The Morgan fingerprint density at radius 2 is 1.90 bits per heavy atom. The molecule has 0 aliphatic rings. The molecule has 3 N–H and O–H groups in total. The zero-order valence-corrected chi connectivity index (χ0v) is 10.9. The number of hydrogen-bond donors (Lipinski definition) is 2. The van der Waals surface area contributed by atoms with Gasteiger partial charge in [0.25, 0.3) is 5.91 Å². The van der Waals surface area contributed by atoms with Crippen molar-refractivity contribution < 1.29 is 30.8 Å². The highest BCUT2D eigenvalue weighted by molar-refractivity contribution is 7.89. The maximum absolute atomic E-state index is 13.3. The number of sulfonamides is 1. The van der Waals surface area contributed by atoms with Gasteiger partial charge in [0.05, 0.1) is 4.90 Å². The standard InChI is InChI=1S/C10H10F4N2O3S/c1-5-7(9(17)16-4-10(12,13)14)2-6(11)3-8(5)20(15,18)19/h2-3H,4H2,1H3,(H,16,17)(H2,15,18,19). The van der Waals surface area contributed by atoms with Crippen molar-refractivity contribution in [3.63, 3.8) is 0 Å². The number of nitrogens with one attached hydrogen (secondary N) is 1. The maximum Gasteiger partial charge on any atom is 0.405 e. The Hall–Kier alpha value is -1.68. The van der Waals surface area contributed by atoms with Gasteiger partial charge in [-0.25, -0.2) is 17.9 Å². The number of benzene rings is 1. The third kappa shape index (κ3) is 4.17. The van der Waals surface area contributed by atoms with Crippen LogP contribution in [0, 0.1) is 12.7 Å². The largest absolute Gasteiger partial charge is 0.405 e. The first-order valence-electron chi connectivity index (χ1n) is 5.10. The maximum atomic E-state index is 13.3. The number of halogens is 4. The molecule has 0 atom stereocenters. The molecule has 0 radical (unpaired) electrons. The van der Waals surface area contributed by atoms with Crippen LogP contribution >= 0.6 is 0 Å². The monoisotopic (exact) mass is 314 g/mol. The van der Waals surface area contributed by atoms with Gasteiger partial charge in [-0.1, -0.05) is 0 Å². The number of nitrogens with two attached hydrogens (primary N) is 1. The number of carbonyl (C=O) groups excluding carboxylic acids is 1. The second-order valence-corrected chi connectivity index (χ2v) is 5.45. The predicted molar refractivity (Wildman–Crippen MR) is 60.9 cm³/mol. The number of carbonyl (C=O) groups is 1. The van der Waals surface area contributed by atoms with Gasteiger partial charge in [0.15, 0.2) is 0 Å². The quantitative estimate of drug-likeness (QED) is 0.818. The lowest BCUT2D eigenvalue weighted by atomic mass is 10.1. The molecule has 0 unspecified atom stereocenters. The lowest BCUT2D eigenvalue weighted by molar-refractivity contribution is -0.123. The summed E-state index contributed by atoms with van der Waals surface area (Å²) in [4.78, 5) is 10.9. The fourth-order valence-electron chi connectivity index (χ4n) is 1.46. The van der Waals surface area contributed by atoms with E-state index in [1.165, 1.54) is 5.32 Å². The van der Waals surface area contributed by atoms with Crippen LogP contribution in [0.2, 0.25) is 0 Å². The van der Waals surface area contributed by atoms with Gasteiger partial charge in [0, 0.05) is 5.56 Å². The Kier molecular flexibility index (Phi) is 4.39. The van der Waals surface area contributed by atoms with Crippen molar-refractivity contribution >= 4 is 15.9 Å². The second-order valence-electron chi connectivity index (χ2n) is 3.92. The minimum atomic E-state index is -4.64. The highest BCUT2D eigenvalue weighted by atomic mass is 32.2. The molecule has 20 heavy (non-hydrogen) atoms. The first-order chi connectivity index (χ1) is 8.92. The molecular weight excluding hydrogens is 304 g/mol. The van der Waals surface area contributed by atoms with E-state index in [9.17, 15) is 30.8 Å². The van der Waals surface area contributed by atoms with E-state index < -0.39 is 44.9 Å². The molecule has 0 aliphatic heterocycles. The molecule has 10 heteroatoms. The van der Waals surface area contributed by atoms with Gasteiger partial charge < -0.3 is 5.32 Å². The molecule has 0 heterocycles. The van der Waals surface area contributed by atoms with Gasteiger partial charge in [0.1, 0.15) is 12.4 Å². The Bertz CT molecular complexity index is 641. The Morgan fingerprint density at radius 1 is 1.35 bits per heavy atom. The van der Waals surface area contributed by atoms with Gasteiger partial charge in [-0.3, -0.25) is 4.79 Å². The van der Waals surface area contributed by atoms with Crippen molar-refractivity contribution in [2.75, 3.05) is 6.54 Å². The van der Waals surface area contributed by atoms with Crippen LogP contribution in [0.15, 0.2) is 17.0 Å². The van der Waals surface area contributed by atoms with Gasteiger partial charge >= 0.3 is 6.18 Å². The van der Waals surface area contributed by atoms with Crippen molar-refractivity contribution in [1.82, 2.24) is 5.32 Å². The number of rotatable bonds is 3. The van der Waals surface area contributed by atoms with Crippen LogP contribution in [-0.2, 0) is 10.0 Å². The van der Waals surface area contributed by atoms with E-state index in [1.807, 2.05) is 0 Å². The van der Waals surface area contributed by atoms with Crippen LogP contribution in [0.4, 0.5) is 17.6 Å². The minimum absolute atomic E-state index is 0.228. The summed E-state index contributed by atoms with van der Waals surface area (Å²) in [5, 5.41) is 6.35. The minimum Gasteiger partial charge on any atom is -0.343 e. The SMILES string of the molecule is Cc1c(C(=O)NCC(F)(F)F)cc(F)cc1S(N)(=O)=O. The second kappa shape index (κ2) is 5.37. The summed E-state index contributed by atoms with van der Waals surface area (Å²) in [6, 6.07) is 1.22. The normalized spacial score (nSPS) is 12.3. The summed E-state index contributed by atoms with van der Waals surface area (Å²) >= 11 is 0. The van der Waals surface area contributed by atoms with Crippen LogP contribution in [0.1, 0.15) is 15.9 Å². The molecule has 1 amide bonds. The zero-order valence-electron chi connectivity index (χ0n) is 10.1. The summed E-state index contributed by atoms with van der Waals surface area (Å²) in [7, 11) is -4.30. The first kappa shape index (κ1) is 16.4. The summed E-state index contributed by atoms with van der Waals surface area (Å²) in [6.45, 7) is -0.478. The number of primary sulfonamides is 1. The van der Waals surface area contributed by atoms with Gasteiger partial charge in [-0.2, -0.15) is 13.2 Å².